The zero-order chi connectivity index (χ0) is 14.7. The largest absolute Gasteiger partial charge is 0.487 e. The van der Waals surface area contributed by atoms with Gasteiger partial charge in [0.15, 0.2) is 0 Å². The summed E-state index contributed by atoms with van der Waals surface area (Å²) in [5, 5.41) is 12.7. The van der Waals surface area contributed by atoms with Crippen molar-refractivity contribution in [3.05, 3.63) is 45.4 Å². The third-order valence-electron chi connectivity index (χ3n) is 3.12. The van der Waals surface area contributed by atoms with Gasteiger partial charge in [-0.1, -0.05) is 19.9 Å². The summed E-state index contributed by atoms with van der Waals surface area (Å²) in [6.07, 6.45) is -0.449. The molecule has 0 spiro atoms. The lowest BCUT2D eigenvalue weighted by Crippen LogP contribution is -1.99. The van der Waals surface area contributed by atoms with E-state index in [0.717, 1.165) is 27.6 Å². The third-order valence-corrected chi connectivity index (χ3v) is 4.31. The standard InChI is InChI=1S/C16H21NO2S/c1-10(2)16-17-14(9-20-16)8-19-15-6-5-13(12(4)18)7-11(15)3/h5-7,9-10,12,18H,8H2,1-4H3/t12-/m1/s1. The van der Waals surface area contributed by atoms with Crippen LogP contribution in [0.3, 0.4) is 0 Å². The molecule has 0 saturated carbocycles. The van der Waals surface area contributed by atoms with Crippen LogP contribution in [-0.2, 0) is 6.61 Å². The molecule has 1 aromatic heterocycles. The van der Waals surface area contributed by atoms with Crippen molar-refractivity contribution in [2.45, 2.75) is 46.3 Å². The number of aliphatic hydroxyl groups is 1. The van der Waals surface area contributed by atoms with Gasteiger partial charge < -0.3 is 9.84 Å². The Morgan fingerprint density at radius 2 is 2.05 bits per heavy atom. The van der Waals surface area contributed by atoms with E-state index < -0.39 is 6.10 Å². The van der Waals surface area contributed by atoms with Crippen LogP contribution >= 0.6 is 11.3 Å². The number of benzene rings is 1. The number of aliphatic hydroxyl groups excluding tert-OH is 1. The molecular weight excluding hydrogens is 270 g/mol. The molecule has 0 saturated heterocycles. The quantitative estimate of drug-likeness (QED) is 0.897. The molecule has 2 rings (SSSR count). The highest BCUT2D eigenvalue weighted by atomic mass is 32.1. The van der Waals surface area contributed by atoms with Crippen LogP contribution in [0.4, 0.5) is 0 Å². The molecule has 1 heterocycles. The van der Waals surface area contributed by atoms with Gasteiger partial charge in [0.25, 0.3) is 0 Å². The first-order chi connectivity index (χ1) is 9.47. The minimum Gasteiger partial charge on any atom is -0.487 e. The van der Waals surface area contributed by atoms with Crippen LogP contribution < -0.4 is 4.74 Å². The van der Waals surface area contributed by atoms with Crippen molar-refractivity contribution in [3.63, 3.8) is 0 Å². The van der Waals surface area contributed by atoms with Crippen LogP contribution in [0.2, 0.25) is 0 Å². The van der Waals surface area contributed by atoms with Gasteiger partial charge in [-0.15, -0.1) is 11.3 Å². The maximum Gasteiger partial charge on any atom is 0.131 e. The molecule has 0 amide bonds. The number of nitrogens with zero attached hydrogens (tertiary/aromatic N) is 1. The zero-order valence-electron chi connectivity index (χ0n) is 12.4. The number of hydrogen-bond donors (Lipinski definition) is 1. The third kappa shape index (κ3) is 3.58. The van der Waals surface area contributed by atoms with E-state index >= 15 is 0 Å². The molecule has 108 valence electrons. The van der Waals surface area contributed by atoms with E-state index in [0.29, 0.717) is 12.5 Å². The molecule has 1 N–H and O–H groups in total. The second kappa shape index (κ2) is 6.37. The first kappa shape index (κ1) is 15.0. The normalized spacial score (nSPS) is 12.7. The Morgan fingerprint density at radius 1 is 1.30 bits per heavy atom. The minimum absolute atomic E-state index is 0.449. The Hall–Kier alpha value is -1.39. The molecule has 3 nitrogen and oxygen atoms in total. The van der Waals surface area contributed by atoms with Crippen molar-refractivity contribution < 1.29 is 9.84 Å². The lowest BCUT2D eigenvalue weighted by Gasteiger charge is -2.11. The second-order valence-corrected chi connectivity index (χ2v) is 6.21. The average Bonchev–Trinajstić information content (AvgIpc) is 2.86. The summed E-state index contributed by atoms with van der Waals surface area (Å²) in [4.78, 5) is 4.55. The predicted molar refractivity (Wildman–Crippen MR) is 82.3 cm³/mol. The number of rotatable bonds is 5. The fourth-order valence-electron chi connectivity index (χ4n) is 1.90. The maximum absolute atomic E-state index is 9.55. The summed E-state index contributed by atoms with van der Waals surface area (Å²) in [5.74, 6) is 1.30. The van der Waals surface area contributed by atoms with E-state index in [4.69, 9.17) is 4.74 Å². The van der Waals surface area contributed by atoms with Gasteiger partial charge in [-0.2, -0.15) is 0 Å². The molecule has 0 aliphatic rings. The first-order valence-corrected chi connectivity index (χ1v) is 7.71. The summed E-state index contributed by atoms with van der Waals surface area (Å²) >= 11 is 1.68. The van der Waals surface area contributed by atoms with Crippen LogP contribution in [0.25, 0.3) is 0 Å². The summed E-state index contributed by atoms with van der Waals surface area (Å²) in [6, 6.07) is 5.77. The molecule has 2 aromatic rings. The van der Waals surface area contributed by atoms with Crippen molar-refractivity contribution in [1.82, 2.24) is 4.98 Å². The van der Waals surface area contributed by atoms with Gasteiger partial charge in [0.05, 0.1) is 16.8 Å². The highest BCUT2D eigenvalue weighted by Crippen LogP contribution is 2.24. The van der Waals surface area contributed by atoms with Gasteiger partial charge in [-0.05, 0) is 37.1 Å². The minimum atomic E-state index is -0.449. The Bertz CT molecular complexity index is 576. The fourth-order valence-corrected chi connectivity index (χ4v) is 2.72. The van der Waals surface area contributed by atoms with Gasteiger partial charge in [0, 0.05) is 11.3 Å². The maximum atomic E-state index is 9.55. The molecule has 20 heavy (non-hydrogen) atoms. The summed E-state index contributed by atoms with van der Waals surface area (Å²) in [6.45, 7) is 8.52. The summed E-state index contributed by atoms with van der Waals surface area (Å²) in [7, 11) is 0. The number of ether oxygens (including phenoxy) is 1. The monoisotopic (exact) mass is 291 g/mol. The van der Waals surface area contributed by atoms with Crippen molar-refractivity contribution in [2.75, 3.05) is 0 Å². The van der Waals surface area contributed by atoms with E-state index in [1.54, 1.807) is 18.3 Å². The highest BCUT2D eigenvalue weighted by molar-refractivity contribution is 7.09. The molecule has 0 bridgehead atoms. The van der Waals surface area contributed by atoms with Gasteiger partial charge >= 0.3 is 0 Å². The highest BCUT2D eigenvalue weighted by Gasteiger charge is 2.08. The number of thiazole rings is 1. The van der Waals surface area contributed by atoms with Crippen molar-refractivity contribution >= 4 is 11.3 Å². The van der Waals surface area contributed by atoms with Crippen LogP contribution in [0, 0.1) is 6.92 Å². The van der Waals surface area contributed by atoms with Crippen molar-refractivity contribution in [1.29, 1.82) is 0 Å². The van der Waals surface area contributed by atoms with Crippen molar-refractivity contribution in [2.24, 2.45) is 0 Å². The SMILES string of the molecule is Cc1cc([C@@H](C)O)ccc1OCc1csc(C(C)C)n1. The van der Waals surface area contributed by atoms with Crippen LogP contribution in [-0.4, -0.2) is 10.1 Å². The fraction of sp³-hybridized carbons (Fsp3) is 0.438. The zero-order valence-corrected chi connectivity index (χ0v) is 13.2. The molecule has 0 fully saturated rings. The molecule has 0 radical (unpaired) electrons. The Kier molecular flexibility index (Phi) is 4.78. The van der Waals surface area contributed by atoms with Gasteiger partial charge in [-0.25, -0.2) is 4.98 Å². The van der Waals surface area contributed by atoms with Gasteiger partial charge in [-0.3, -0.25) is 0 Å². The predicted octanol–water partition coefficient (Wildman–Crippen LogP) is 4.21. The topological polar surface area (TPSA) is 42.4 Å². The second-order valence-electron chi connectivity index (χ2n) is 5.32. The summed E-state index contributed by atoms with van der Waals surface area (Å²) < 4.78 is 5.81. The van der Waals surface area contributed by atoms with Crippen LogP contribution in [0.5, 0.6) is 5.75 Å². The Morgan fingerprint density at radius 3 is 2.60 bits per heavy atom. The van der Waals surface area contributed by atoms with Gasteiger partial charge in [0.1, 0.15) is 12.4 Å². The number of aryl methyl sites for hydroxylation is 1. The van der Waals surface area contributed by atoms with Crippen molar-refractivity contribution in [3.8, 4) is 5.75 Å². The lowest BCUT2D eigenvalue weighted by atomic mass is 10.1. The molecular formula is C16H21NO2S. The smallest absolute Gasteiger partial charge is 0.131 e. The van der Waals surface area contributed by atoms with E-state index in [1.807, 2.05) is 25.1 Å². The molecule has 0 aliphatic heterocycles. The number of aromatic nitrogens is 1. The molecule has 1 atom stereocenters. The lowest BCUT2D eigenvalue weighted by molar-refractivity contribution is 0.199. The average molecular weight is 291 g/mol. The molecule has 0 aliphatic carbocycles. The van der Waals surface area contributed by atoms with Crippen LogP contribution in [0.15, 0.2) is 23.6 Å². The van der Waals surface area contributed by atoms with Gasteiger partial charge in [0.2, 0.25) is 0 Å². The van der Waals surface area contributed by atoms with E-state index in [1.165, 1.54) is 0 Å². The molecule has 0 unspecified atom stereocenters. The van der Waals surface area contributed by atoms with Crippen LogP contribution in [0.1, 0.15) is 54.6 Å². The Balaban J connectivity index is 2.03. The first-order valence-electron chi connectivity index (χ1n) is 6.83. The molecule has 4 heteroatoms. The van der Waals surface area contributed by atoms with E-state index in [2.05, 4.69) is 24.2 Å². The number of hydrogen-bond acceptors (Lipinski definition) is 4. The molecule has 1 aromatic carbocycles. The Labute approximate surface area is 124 Å². The summed E-state index contributed by atoms with van der Waals surface area (Å²) in [5.41, 5.74) is 2.91. The van der Waals surface area contributed by atoms with E-state index in [-0.39, 0.29) is 0 Å². The van der Waals surface area contributed by atoms with E-state index in [9.17, 15) is 5.11 Å².